The summed E-state index contributed by atoms with van der Waals surface area (Å²) in [5, 5.41) is 6.46. The van der Waals surface area contributed by atoms with E-state index in [2.05, 4.69) is 62.4 Å². The van der Waals surface area contributed by atoms with Crippen molar-refractivity contribution in [2.24, 2.45) is 10.8 Å². The maximum Gasteiger partial charge on any atom is 0.192 e. The lowest BCUT2D eigenvalue weighted by Gasteiger charge is -2.39. The Kier molecular flexibility index (Phi) is 5.73. The Morgan fingerprint density at radius 3 is 1.43 bits per heavy atom. The highest BCUT2D eigenvalue weighted by Gasteiger charge is 2.44. The normalized spacial score (nSPS) is 29.1. The van der Waals surface area contributed by atoms with Crippen LogP contribution in [0.2, 0.25) is 0 Å². The summed E-state index contributed by atoms with van der Waals surface area (Å²) >= 11 is 0. The lowest BCUT2D eigenvalue weighted by atomic mass is 9.66. The van der Waals surface area contributed by atoms with E-state index in [4.69, 9.17) is 0 Å². The average molecular weight is 563 g/mol. The largest absolute Gasteiger partial charge is 0.269 e. The highest BCUT2D eigenvalue weighted by atomic mass is 31.1. The number of hydrogen-bond donors (Lipinski definition) is 0. The first kappa shape index (κ1) is 25.3. The molecule has 0 N–H and O–H groups in total. The zero-order chi connectivity index (χ0) is 27.2. The molecule has 2 fully saturated rings. The minimum absolute atomic E-state index is 0.00505. The molecule has 0 bridgehead atoms. The van der Waals surface area contributed by atoms with E-state index < -0.39 is 0 Å². The number of rotatable bonds is 3. The van der Waals surface area contributed by atoms with Crippen LogP contribution in [0.3, 0.4) is 0 Å². The predicted octanol–water partition coefficient (Wildman–Crippen LogP) is 9.93. The minimum Gasteiger partial charge on any atom is -0.269 e. The van der Waals surface area contributed by atoms with Gasteiger partial charge in [-0.15, -0.1) is 0 Å². The first-order valence-corrected chi connectivity index (χ1v) is 16.9. The molecule has 0 saturated heterocycles. The van der Waals surface area contributed by atoms with Crippen molar-refractivity contribution in [1.82, 2.24) is 0 Å². The first-order chi connectivity index (χ1) is 19.5. The summed E-state index contributed by atoms with van der Waals surface area (Å²) in [6.45, 7) is 4.99. The quantitative estimate of drug-likeness (QED) is 0.233. The molecule has 4 atom stereocenters. The SMILES string of the molecule is C[C@@]12CCCC1c1ccc3c(-c4c(P=O)ccc5c6c(ccc45)C4CCC[C@@]4(C)CC6)c(P=O)ccc3c1CC2. The van der Waals surface area contributed by atoms with Crippen LogP contribution in [0.4, 0.5) is 0 Å². The van der Waals surface area contributed by atoms with Crippen molar-refractivity contribution in [3.8, 4) is 11.1 Å². The van der Waals surface area contributed by atoms with Gasteiger partial charge in [-0.05, 0) is 130 Å². The molecule has 202 valence electrons. The second-order valence-corrected chi connectivity index (χ2v) is 15.1. The summed E-state index contributed by atoms with van der Waals surface area (Å²) in [5.74, 6) is 1.28. The lowest BCUT2D eigenvalue weighted by Crippen LogP contribution is -2.27. The maximum absolute atomic E-state index is 12.7. The molecule has 4 heteroatoms. The summed E-state index contributed by atoms with van der Waals surface area (Å²) < 4.78 is 25.3. The smallest absolute Gasteiger partial charge is 0.192 e. The summed E-state index contributed by atoms with van der Waals surface area (Å²) in [6, 6.07) is 17.9. The molecule has 40 heavy (non-hydrogen) atoms. The zero-order valence-corrected chi connectivity index (χ0v) is 25.3. The van der Waals surface area contributed by atoms with Crippen molar-refractivity contribution >= 4 is 49.1 Å². The molecule has 0 radical (unpaired) electrons. The fourth-order valence-electron chi connectivity index (χ4n) is 9.78. The summed E-state index contributed by atoms with van der Waals surface area (Å²) in [4.78, 5) is 0. The topological polar surface area (TPSA) is 34.1 Å². The van der Waals surface area contributed by atoms with Crippen LogP contribution in [0.5, 0.6) is 0 Å². The molecule has 0 amide bonds. The molecule has 4 aliphatic carbocycles. The van der Waals surface area contributed by atoms with E-state index in [0.717, 1.165) is 45.4 Å². The number of hydrogen-bond acceptors (Lipinski definition) is 2. The Labute approximate surface area is 240 Å². The second-order valence-electron chi connectivity index (χ2n) is 13.8. The van der Waals surface area contributed by atoms with Crippen molar-refractivity contribution < 1.29 is 9.13 Å². The van der Waals surface area contributed by atoms with Crippen LogP contribution in [-0.4, -0.2) is 0 Å². The van der Waals surface area contributed by atoms with Gasteiger partial charge in [-0.3, -0.25) is 9.13 Å². The molecule has 2 unspecified atom stereocenters. The van der Waals surface area contributed by atoms with Crippen LogP contribution < -0.4 is 10.6 Å². The number of benzene rings is 4. The third kappa shape index (κ3) is 3.42. The van der Waals surface area contributed by atoms with Gasteiger partial charge in [0.25, 0.3) is 0 Å². The Morgan fingerprint density at radius 1 is 0.575 bits per heavy atom. The third-order valence-corrected chi connectivity index (χ3v) is 13.0. The van der Waals surface area contributed by atoms with Gasteiger partial charge in [0.2, 0.25) is 0 Å². The molecule has 0 aliphatic heterocycles. The first-order valence-electron chi connectivity index (χ1n) is 15.3. The van der Waals surface area contributed by atoms with Crippen molar-refractivity contribution in [3.63, 3.8) is 0 Å². The molecule has 4 aromatic rings. The lowest BCUT2D eigenvalue weighted by molar-refractivity contribution is 0.253. The van der Waals surface area contributed by atoms with Gasteiger partial charge in [0.1, 0.15) is 0 Å². The van der Waals surface area contributed by atoms with Gasteiger partial charge in [0.05, 0.1) is 10.6 Å². The molecule has 8 rings (SSSR count). The van der Waals surface area contributed by atoms with Gasteiger partial charge in [0.15, 0.2) is 16.9 Å². The van der Waals surface area contributed by atoms with Crippen LogP contribution in [0.25, 0.3) is 32.7 Å². The van der Waals surface area contributed by atoms with Crippen molar-refractivity contribution in [2.45, 2.75) is 89.9 Å². The highest BCUT2D eigenvalue weighted by Crippen LogP contribution is 2.58. The number of fused-ring (bicyclic) bond motifs is 10. The molecular formula is C36H36O2P2. The van der Waals surface area contributed by atoms with Crippen molar-refractivity contribution in [2.75, 3.05) is 0 Å². The van der Waals surface area contributed by atoms with Gasteiger partial charge >= 0.3 is 0 Å². The van der Waals surface area contributed by atoms with E-state index in [1.807, 2.05) is 0 Å². The average Bonchev–Trinajstić information content (AvgIpc) is 3.58. The highest BCUT2D eigenvalue weighted by molar-refractivity contribution is 7.35. The van der Waals surface area contributed by atoms with Gasteiger partial charge in [-0.25, -0.2) is 0 Å². The zero-order valence-electron chi connectivity index (χ0n) is 23.6. The van der Waals surface area contributed by atoms with E-state index in [-0.39, 0.29) is 16.9 Å². The van der Waals surface area contributed by atoms with Gasteiger partial charge < -0.3 is 0 Å². The fraction of sp³-hybridized carbons (Fsp3) is 0.444. The van der Waals surface area contributed by atoms with E-state index in [0.29, 0.717) is 22.7 Å². The predicted molar refractivity (Wildman–Crippen MR) is 167 cm³/mol. The van der Waals surface area contributed by atoms with Crippen LogP contribution in [0.15, 0.2) is 48.5 Å². The van der Waals surface area contributed by atoms with Crippen molar-refractivity contribution in [1.29, 1.82) is 0 Å². The molecule has 4 aliphatic rings. The molecule has 2 nitrogen and oxygen atoms in total. The molecule has 4 aromatic carbocycles. The molecule has 0 heterocycles. The molecule has 2 saturated carbocycles. The van der Waals surface area contributed by atoms with Gasteiger partial charge in [-0.2, -0.15) is 0 Å². The van der Waals surface area contributed by atoms with E-state index in [9.17, 15) is 9.13 Å². The summed E-state index contributed by atoms with van der Waals surface area (Å²) in [7, 11) is 0.0101. The second kappa shape index (κ2) is 9.05. The van der Waals surface area contributed by atoms with Gasteiger partial charge in [0, 0.05) is 11.1 Å². The maximum atomic E-state index is 12.7. The van der Waals surface area contributed by atoms with Gasteiger partial charge in [-0.1, -0.05) is 63.1 Å². The Morgan fingerprint density at radius 2 is 1.00 bits per heavy atom. The summed E-state index contributed by atoms with van der Waals surface area (Å²) in [5.41, 5.74) is 8.89. The Bertz CT molecular complexity index is 1630. The van der Waals surface area contributed by atoms with E-state index >= 15 is 0 Å². The molecule has 0 spiro atoms. The Balaban J connectivity index is 1.40. The summed E-state index contributed by atoms with van der Waals surface area (Å²) in [6.07, 6.45) is 12.6. The third-order valence-electron chi connectivity index (χ3n) is 11.9. The fourth-order valence-corrected chi connectivity index (χ4v) is 10.7. The number of aryl methyl sites for hydroxylation is 2. The van der Waals surface area contributed by atoms with E-state index in [1.165, 1.54) is 84.4 Å². The molecule has 0 aromatic heterocycles. The minimum atomic E-state index is 0.00505. The standard InChI is InChI=1S/C36H36O2P2/c1-35-17-3-5-29(35)25-7-9-27-21(23(25)15-19-35)11-13-31(39-37)33(27)34-28-10-8-26-24(22(28)12-14-32(34)40-38)16-20-36(2)18-4-6-30(26)36/h7-14,29-30H,3-6,15-20H2,1-2H3/t29?,30?,35-,36-/m0/s1. The van der Waals surface area contributed by atoms with Crippen LogP contribution >= 0.6 is 16.9 Å². The van der Waals surface area contributed by atoms with E-state index in [1.54, 1.807) is 0 Å². The Hall–Kier alpha value is -2.40. The monoisotopic (exact) mass is 562 g/mol. The molecular weight excluding hydrogens is 526 g/mol. The van der Waals surface area contributed by atoms with Crippen LogP contribution in [0, 0.1) is 10.8 Å². The van der Waals surface area contributed by atoms with Crippen molar-refractivity contribution in [3.05, 3.63) is 70.8 Å². The van der Waals surface area contributed by atoms with Crippen LogP contribution in [-0.2, 0) is 22.0 Å². The van der Waals surface area contributed by atoms with Crippen LogP contribution in [0.1, 0.15) is 99.3 Å².